The molecule has 2 rings (SSSR count). The van der Waals surface area contributed by atoms with Crippen LogP contribution in [0.25, 0.3) is 0 Å². The Labute approximate surface area is 179 Å². The molecule has 152 valence electrons. The SMILES string of the molecule is CCNC(=NCCC(=O)NC(C)CC)NCCc1ccc2c(c1)CCO2.I. The maximum Gasteiger partial charge on any atom is 0.222 e. The first kappa shape index (κ1) is 23.5. The van der Waals surface area contributed by atoms with Crippen LogP contribution in [0.5, 0.6) is 5.75 Å². The van der Waals surface area contributed by atoms with Gasteiger partial charge in [-0.3, -0.25) is 9.79 Å². The van der Waals surface area contributed by atoms with Crippen LogP contribution in [0.1, 0.15) is 44.7 Å². The highest BCUT2D eigenvalue weighted by molar-refractivity contribution is 14.0. The van der Waals surface area contributed by atoms with Crippen LogP contribution >= 0.6 is 24.0 Å². The van der Waals surface area contributed by atoms with E-state index in [9.17, 15) is 4.79 Å². The third-order valence-electron chi connectivity index (χ3n) is 4.43. The topological polar surface area (TPSA) is 74.8 Å². The number of fused-ring (bicyclic) bond motifs is 1. The molecular weight excluding hydrogens is 455 g/mol. The summed E-state index contributed by atoms with van der Waals surface area (Å²) in [6, 6.07) is 6.63. The molecule has 3 N–H and O–H groups in total. The third-order valence-corrected chi connectivity index (χ3v) is 4.43. The Morgan fingerprint density at radius 1 is 1.30 bits per heavy atom. The fourth-order valence-electron chi connectivity index (χ4n) is 2.78. The lowest BCUT2D eigenvalue weighted by atomic mass is 10.1. The number of carbonyl (C=O) groups excluding carboxylic acids is 1. The van der Waals surface area contributed by atoms with Crippen molar-refractivity contribution in [2.24, 2.45) is 4.99 Å². The van der Waals surface area contributed by atoms with Crippen LogP contribution in [-0.2, 0) is 17.6 Å². The minimum absolute atomic E-state index is 0. The lowest BCUT2D eigenvalue weighted by molar-refractivity contribution is -0.121. The number of ether oxygens (including phenoxy) is 1. The van der Waals surface area contributed by atoms with Crippen molar-refractivity contribution in [3.8, 4) is 5.75 Å². The van der Waals surface area contributed by atoms with Gasteiger partial charge in [0.2, 0.25) is 5.91 Å². The zero-order valence-electron chi connectivity index (χ0n) is 16.6. The van der Waals surface area contributed by atoms with Crippen molar-refractivity contribution < 1.29 is 9.53 Å². The molecule has 0 aromatic heterocycles. The van der Waals surface area contributed by atoms with Gasteiger partial charge in [0.15, 0.2) is 5.96 Å². The highest BCUT2D eigenvalue weighted by Gasteiger charge is 2.11. The van der Waals surface area contributed by atoms with Crippen LogP contribution in [0.4, 0.5) is 0 Å². The van der Waals surface area contributed by atoms with E-state index in [2.05, 4.69) is 46.1 Å². The van der Waals surface area contributed by atoms with Gasteiger partial charge < -0.3 is 20.7 Å². The molecule has 1 aromatic rings. The van der Waals surface area contributed by atoms with E-state index in [4.69, 9.17) is 4.74 Å². The Hall–Kier alpha value is -1.51. The number of nitrogens with one attached hydrogen (secondary N) is 3. The molecule has 0 bridgehead atoms. The van der Waals surface area contributed by atoms with Crippen LogP contribution in [0.2, 0.25) is 0 Å². The Morgan fingerprint density at radius 2 is 2.11 bits per heavy atom. The van der Waals surface area contributed by atoms with E-state index < -0.39 is 0 Å². The molecule has 0 fully saturated rings. The fourth-order valence-corrected chi connectivity index (χ4v) is 2.78. The average Bonchev–Trinajstić information content (AvgIpc) is 3.09. The first-order chi connectivity index (χ1) is 12.6. The molecule has 0 spiro atoms. The number of amides is 1. The van der Waals surface area contributed by atoms with Crippen molar-refractivity contribution in [2.45, 2.75) is 52.5 Å². The van der Waals surface area contributed by atoms with Gasteiger partial charge in [-0.15, -0.1) is 24.0 Å². The molecule has 1 aliphatic heterocycles. The summed E-state index contributed by atoms with van der Waals surface area (Å²) in [6.07, 6.45) is 3.27. The molecule has 1 atom stereocenters. The molecular formula is C20H33IN4O2. The molecule has 0 aliphatic carbocycles. The highest BCUT2D eigenvalue weighted by Crippen LogP contribution is 2.25. The van der Waals surface area contributed by atoms with Gasteiger partial charge in [0, 0.05) is 32.0 Å². The summed E-state index contributed by atoms with van der Waals surface area (Å²) >= 11 is 0. The maximum atomic E-state index is 11.8. The summed E-state index contributed by atoms with van der Waals surface area (Å²) in [5, 5.41) is 9.52. The largest absolute Gasteiger partial charge is 0.493 e. The zero-order chi connectivity index (χ0) is 18.8. The molecule has 0 radical (unpaired) electrons. The van der Waals surface area contributed by atoms with Crippen molar-refractivity contribution in [3.63, 3.8) is 0 Å². The molecule has 0 saturated heterocycles. The summed E-state index contributed by atoms with van der Waals surface area (Å²) < 4.78 is 5.55. The van der Waals surface area contributed by atoms with Crippen molar-refractivity contribution in [3.05, 3.63) is 29.3 Å². The van der Waals surface area contributed by atoms with E-state index >= 15 is 0 Å². The number of aliphatic imine (C=N–C) groups is 1. The molecule has 27 heavy (non-hydrogen) atoms. The minimum atomic E-state index is 0. The maximum absolute atomic E-state index is 11.8. The number of nitrogens with zero attached hydrogens (tertiary/aromatic N) is 1. The van der Waals surface area contributed by atoms with Gasteiger partial charge in [0.05, 0.1) is 13.2 Å². The first-order valence-electron chi connectivity index (χ1n) is 9.68. The van der Waals surface area contributed by atoms with E-state index in [0.29, 0.717) is 13.0 Å². The number of rotatable bonds is 9. The monoisotopic (exact) mass is 488 g/mol. The van der Waals surface area contributed by atoms with E-state index in [1.165, 1.54) is 11.1 Å². The number of hydrogen-bond donors (Lipinski definition) is 3. The van der Waals surface area contributed by atoms with Gasteiger partial charge in [-0.25, -0.2) is 0 Å². The van der Waals surface area contributed by atoms with E-state index in [-0.39, 0.29) is 35.9 Å². The fraction of sp³-hybridized carbons (Fsp3) is 0.600. The number of hydrogen-bond acceptors (Lipinski definition) is 3. The minimum Gasteiger partial charge on any atom is -0.493 e. The second-order valence-corrected chi connectivity index (χ2v) is 6.60. The van der Waals surface area contributed by atoms with Crippen molar-refractivity contribution in [1.29, 1.82) is 0 Å². The average molecular weight is 488 g/mol. The summed E-state index contributed by atoms with van der Waals surface area (Å²) in [5.74, 6) is 1.83. The van der Waals surface area contributed by atoms with Gasteiger partial charge >= 0.3 is 0 Å². The van der Waals surface area contributed by atoms with Crippen LogP contribution in [0.15, 0.2) is 23.2 Å². The second-order valence-electron chi connectivity index (χ2n) is 6.60. The summed E-state index contributed by atoms with van der Waals surface area (Å²) in [6.45, 7) is 8.97. The first-order valence-corrected chi connectivity index (χ1v) is 9.68. The molecule has 0 saturated carbocycles. The Kier molecular flexibility index (Phi) is 11.2. The van der Waals surface area contributed by atoms with Gasteiger partial charge in [-0.1, -0.05) is 19.1 Å². The standard InChI is InChI=1S/C20H32N4O2.HI/c1-4-15(3)24-19(25)9-12-23-20(21-5-2)22-11-8-16-6-7-18-17(14-16)10-13-26-18;/h6-7,14-15H,4-5,8-13H2,1-3H3,(H,24,25)(H2,21,22,23);1H. The Balaban J connectivity index is 0.00000364. The molecule has 6 nitrogen and oxygen atoms in total. The molecule has 1 heterocycles. The molecule has 7 heteroatoms. The van der Waals surface area contributed by atoms with Gasteiger partial charge in [0.1, 0.15) is 5.75 Å². The Morgan fingerprint density at radius 3 is 2.85 bits per heavy atom. The number of carbonyl (C=O) groups is 1. The molecule has 1 amide bonds. The number of benzene rings is 1. The number of halogens is 1. The summed E-state index contributed by atoms with van der Waals surface area (Å²) in [4.78, 5) is 16.3. The lowest BCUT2D eigenvalue weighted by Gasteiger charge is -2.13. The van der Waals surface area contributed by atoms with Crippen molar-refractivity contribution in [2.75, 3.05) is 26.2 Å². The predicted octanol–water partition coefficient (Wildman–Crippen LogP) is 2.64. The van der Waals surface area contributed by atoms with Crippen molar-refractivity contribution >= 4 is 35.8 Å². The Bertz CT molecular complexity index is 622. The second kappa shape index (κ2) is 12.8. The normalized spacial score (nSPS) is 13.8. The number of guanidine groups is 1. The van der Waals surface area contributed by atoms with Crippen LogP contribution < -0.4 is 20.7 Å². The zero-order valence-corrected chi connectivity index (χ0v) is 19.0. The van der Waals surface area contributed by atoms with Gasteiger partial charge in [0.25, 0.3) is 0 Å². The van der Waals surface area contributed by atoms with E-state index in [0.717, 1.165) is 50.7 Å². The molecule has 1 aromatic carbocycles. The molecule has 1 unspecified atom stereocenters. The predicted molar refractivity (Wildman–Crippen MR) is 121 cm³/mol. The van der Waals surface area contributed by atoms with E-state index in [1.807, 2.05) is 13.8 Å². The lowest BCUT2D eigenvalue weighted by Crippen LogP contribution is -2.38. The van der Waals surface area contributed by atoms with Crippen LogP contribution in [0.3, 0.4) is 0 Å². The molecule has 1 aliphatic rings. The highest BCUT2D eigenvalue weighted by atomic mass is 127. The van der Waals surface area contributed by atoms with Gasteiger partial charge in [-0.2, -0.15) is 0 Å². The summed E-state index contributed by atoms with van der Waals surface area (Å²) in [7, 11) is 0. The quantitative estimate of drug-likeness (QED) is 0.284. The van der Waals surface area contributed by atoms with E-state index in [1.54, 1.807) is 0 Å². The summed E-state index contributed by atoms with van der Waals surface area (Å²) in [5.41, 5.74) is 2.60. The third kappa shape index (κ3) is 8.36. The van der Waals surface area contributed by atoms with Crippen LogP contribution in [0, 0.1) is 0 Å². The van der Waals surface area contributed by atoms with Gasteiger partial charge in [-0.05, 0) is 43.9 Å². The van der Waals surface area contributed by atoms with Crippen molar-refractivity contribution in [1.82, 2.24) is 16.0 Å². The smallest absolute Gasteiger partial charge is 0.222 e. The van der Waals surface area contributed by atoms with Crippen LogP contribution in [-0.4, -0.2) is 44.1 Å².